The standard InChI is InChI=1S/C24H24F2N4O4/c25-22(26)15-4-5-21(18(9-15)14-2-1-3-16(8-14)24(32)33)34-7-6-30-13-29-20-12-28-17(11-27)10-19(20)23(30)31/h1-5,8-9,17,19-20,22,28-29H,6-7,10,12-13H2,(H,32,33). The highest BCUT2D eigenvalue weighted by atomic mass is 19.3. The summed E-state index contributed by atoms with van der Waals surface area (Å²) in [6.45, 7) is 1.28. The summed E-state index contributed by atoms with van der Waals surface area (Å²) >= 11 is 0. The molecule has 2 heterocycles. The van der Waals surface area contributed by atoms with E-state index in [-0.39, 0.29) is 48.2 Å². The van der Waals surface area contributed by atoms with Gasteiger partial charge in [-0.2, -0.15) is 5.26 Å². The van der Waals surface area contributed by atoms with E-state index in [0.717, 1.165) is 0 Å². The van der Waals surface area contributed by atoms with Crippen molar-refractivity contribution in [1.82, 2.24) is 15.5 Å². The molecule has 3 atom stereocenters. The minimum Gasteiger partial charge on any atom is -0.491 e. The van der Waals surface area contributed by atoms with E-state index in [1.54, 1.807) is 17.0 Å². The van der Waals surface area contributed by atoms with Crippen molar-refractivity contribution in [2.24, 2.45) is 5.92 Å². The Morgan fingerprint density at radius 2 is 2.09 bits per heavy atom. The van der Waals surface area contributed by atoms with E-state index in [0.29, 0.717) is 36.5 Å². The van der Waals surface area contributed by atoms with Crippen LogP contribution in [0.15, 0.2) is 42.5 Å². The van der Waals surface area contributed by atoms with Crippen molar-refractivity contribution in [3.8, 4) is 22.9 Å². The number of nitrogens with one attached hydrogen (secondary N) is 2. The number of carbonyl (C=O) groups excluding carboxylic acids is 1. The molecule has 0 spiro atoms. The molecule has 0 radical (unpaired) electrons. The van der Waals surface area contributed by atoms with Crippen molar-refractivity contribution in [2.75, 3.05) is 26.4 Å². The van der Waals surface area contributed by atoms with Crippen LogP contribution in [0.4, 0.5) is 8.78 Å². The highest BCUT2D eigenvalue weighted by Gasteiger charge is 2.40. The number of nitriles is 1. The van der Waals surface area contributed by atoms with Crippen LogP contribution in [0.25, 0.3) is 11.1 Å². The number of halogens is 2. The van der Waals surface area contributed by atoms with Crippen LogP contribution in [-0.2, 0) is 4.79 Å². The molecule has 3 unspecified atom stereocenters. The molecule has 3 N–H and O–H groups in total. The minimum atomic E-state index is -2.69. The maximum absolute atomic E-state index is 13.3. The second-order valence-electron chi connectivity index (χ2n) is 8.29. The van der Waals surface area contributed by atoms with E-state index in [1.165, 1.54) is 30.3 Å². The third-order valence-electron chi connectivity index (χ3n) is 6.18. The van der Waals surface area contributed by atoms with Crippen molar-refractivity contribution < 1.29 is 28.2 Å². The lowest BCUT2D eigenvalue weighted by molar-refractivity contribution is -0.142. The van der Waals surface area contributed by atoms with Gasteiger partial charge in [-0.15, -0.1) is 0 Å². The summed E-state index contributed by atoms with van der Waals surface area (Å²) < 4.78 is 32.5. The number of ether oxygens (including phenoxy) is 1. The highest BCUT2D eigenvalue weighted by molar-refractivity contribution is 5.90. The number of carbonyl (C=O) groups is 2. The molecule has 8 nitrogen and oxygen atoms in total. The number of amides is 1. The maximum atomic E-state index is 13.3. The number of fused-ring (bicyclic) bond motifs is 1. The van der Waals surface area contributed by atoms with Crippen molar-refractivity contribution in [1.29, 1.82) is 5.26 Å². The molecule has 0 bridgehead atoms. The molecule has 2 fully saturated rings. The van der Waals surface area contributed by atoms with Crippen LogP contribution in [0.1, 0.15) is 28.8 Å². The van der Waals surface area contributed by atoms with Crippen LogP contribution in [-0.4, -0.2) is 60.3 Å². The number of hydrogen-bond acceptors (Lipinski definition) is 6. The van der Waals surface area contributed by atoms with Crippen molar-refractivity contribution >= 4 is 11.9 Å². The molecule has 10 heteroatoms. The lowest BCUT2D eigenvalue weighted by atomic mass is 9.86. The predicted molar refractivity (Wildman–Crippen MR) is 118 cm³/mol. The first-order valence-corrected chi connectivity index (χ1v) is 10.9. The van der Waals surface area contributed by atoms with E-state index < -0.39 is 12.4 Å². The molecule has 1 amide bonds. The molecule has 2 aliphatic rings. The maximum Gasteiger partial charge on any atom is 0.335 e. The van der Waals surface area contributed by atoms with E-state index in [4.69, 9.17) is 10.00 Å². The fourth-order valence-electron chi connectivity index (χ4n) is 4.35. The molecule has 4 rings (SSSR count). The fraction of sp³-hybridized carbons (Fsp3) is 0.375. The summed E-state index contributed by atoms with van der Waals surface area (Å²) in [7, 11) is 0. The van der Waals surface area contributed by atoms with Gasteiger partial charge in [-0.05, 0) is 42.3 Å². The van der Waals surface area contributed by atoms with Gasteiger partial charge in [-0.3, -0.25) is 10.1 Å². The van der Waals surface area contributed by atoms with Gasteiger partial charge in [0.1, 0.15) is 12.4 Å². The molecule has 0 saturated carbocycles. The SMILES string of the molecule is N#CC1CC2C(=O)N(CCOc3ccc(C(F)F)cc3-c3cccc(C(=O)O)c3)CNC2CN1. The Morgan fingerprint density at radius 3 is 2.82 bits per heavy atom. The average Bonchev–Trinajstić information content (AvgIpc) is 2.85. The number of benzene rings is 2. The Hall–Kier alpha value is -3.55. The summed E-state index contributed by atoms with van der Waals surface area (Å²) in [5, 5.41) is 24.9. The molecular formula is C24H24F2N4O4. The minimum absolute atomic E-state index is 0.0238. The predicted octanol–water partition coefficient (Wildman–Crippen LogP) is 2.63. The van der Waals surface area contributed by atoms with Gasteiger partial charge in [0, 0.05) is 23.7 Å². The molecule has 0 aliphatic carbocycles. The van der Waals surface area contributed by atoms with E-state index >= 15 is 0 Å². The normalized spacial score (nSPS) is 22.2. The molecule has 2 saturated heterocycles. The van der Waals surface area contributed by atoms with Gasteiger partial charge in [0.25, 0.3) is 6.43 Å². The van der Waals surface area contributed by atoms with Gasteiger partial charge >= 0.3 is 5.97 Å². The van der Waals surface area contributed by atoms with Gasteiger partial charge in [0.2, 0.25) is 5.91 Å². The number of hydrogen-bond donors (Lipinski definition) is 3. The van der Waals surface area contributed by atoms with Crippen molar-refractivity contribution in [2.45, 2.75) is 24.9 Å². The number of aromatic carboxylic acids is 1. The Labute approximate surface area is 195 Å². The number of carboxylic acid groups (broad SMARTS) is 1. The highest BCUT2D eigenvalue weighted by Crippen LogP contribution is 2.34. The summed E-state index contributed by atoms with van der Waals surface area (Å²) in [5.74, 6) is -1.15. The summed E-state index contributed by atoms with van der Waals surface area (Å²) in [6, 6.07) is 11.8. The van der Waals surface area contributed by atoms with Crippen LogP contribution >= 0.6 is 0 Å². The molecule has 2 aromatic rings. The lowest BCUT2D eigenvalue weighted by Gasteiger charge is -2.42. The molecular weight excluding hydrogens is 446 g/mol. The summed E-state index contributed by atoms with van der Waals surface area (Å²) in [5.41, 5.74) is 0.609. The second kappa shape index (κ2) is 10.2. The van der Waals surface area contributed by atoms with Crippen LogP contribution < -0.4 is 15.4 Å². The number of rotatable bonds is 7. The number of alkyl halides is 2. The Bertz CT molecular complexity index is 1120. The quantitative estimate of drug-likeness (QED) is 0.570. The second-order valence-corrected chi connectivity index (χ2v) is 8.29. The zero-order valence-electron chi connectivity index (χ0n) is 18.2. The van der Waals surface area contributed by atoms with Gasteiger partial charge in [0.15, 0.2) is 0 Å². The number of nitrogens with zero attached hydrogens (tertiary/aromatic N) is 2. The van der Waals surface area contributed by atoms with E-state index in [1.807, 2.05) is 0 Å². The third kappa shape index (κ3) is 5.00. The van der Waals surface area contributed by atoms with Crippen LogP contribution in [0, 0.1) is 17.2 Å². The van der Waals surface area contributed by atoms with Crippen LogP contribution in [0.3, 0.4) is 0 Å². The average molecular weight is 470 g/mol. The molecule has 2 aliphatic heterocycles. The van der Waals surface area contributed by atoms with Crippen molar-refractivity contribution in [3.05, 3.63) is 53.6 Å². The van der Waals surface area contributed by atoms with E-state index in [2.05, 4.69) is 16.7 Å². The monoisotopic (exact) mass is 470 g/mol. The largest absolute Gasteiger partial charge is 0.491 e. The molecule has 34 heavy (non-hydrogen) atoms. The molecule has 0 aromatic heterocycles. The Balaban J connectivity index is 1.48. The molecule has 178 valence electrons. The lowest BCUT2D eigenvalue weighted by Crippen LogP contribution is -2.64. The first kappa shape index (κ1) is 23.6. The molecule has 2 aromatic carbocycles. The van der Waals surface area contributed by atoms with Gasteiger partial charge in [-0.25, -0.2) is 13.6 Å². The smallest absolute Gasteiger partial charge is 0.335 e. The van der Waals surface area contributed by atoms with E-state index in [9.17, 15) is 23.5 Å². The summed E-state index contributed by atoms with van der Waals surface area (Å²) in [4.78, 5) is 25.9. The van der Waals surface area contributed by atoms with Crippen molar-refractivity contribution in [3.63, 3.8) is 0 Å². The van der Waals surface area contributed by atoms with Gasteiger partial charge in [-0.1, -0.05) is 12.1 Å². The number of carboxylic acids is 1. The topological polar surface area (TPSA) is 115 Å². The van der Waals surface area contributed by atoms with Crippen LogP contribution in [0.5, 0.6) is 5.75 Å². The Morgan fingerprint density at radius 1 is 1.26 bits per heavy atom. The first-order chi connectivity index (χ1) is 16.4. The van der Waals surface area contributed by atoms with Gasteiger partial charge < -0.3 is 20.1 Å². The zero-order valence-corrected chi connectivity index (χ0v) is 18.2. The van der Waals surface area contributed by atoms with Crippen LogP contribution in [0.2, 0.25) is 0 Å². The first-order valence-electron chi connectivity index (χ1n) is 10.9. The van der Waals surface area contributed by atoms with Gasteiger partial charge in [0.05, 0.1) is 36.8 Å². The zero-order chi connectivity index (χ0) is 24.2. The Kier molecular flexibility index (Phi) is 7.05. The summed E-state index contributed by atoms with van der Waals surface area (Å²) in [6.07, 6.45) is -2.26. The fourth-order valence-corrected chi connectivity index (χ4v) is 4.35. The third-order valence-corrected chi connectivity index (χ3v) is 6.18. The number of piperidine rings is 1.